The van der Waals surface area contributed by atoms with Crippen LogP contribution in [-0.2, 0) is 11.2 Å². The van der Waals surface area contributed by atoms with E-state index in [-0.39, 0.29) is 23.1 Å². The zero-order valence-corrected chi connectivity index (χ0v) is 19.6. The molecule has 1 atom stereocenters. The van der Waals surface area contributed by atoms with Crippen LogP contribution in [0.1, 0.15) is 50.3 Å². The highest BCUT2D eigenvalue weighted by molar-refractivity contribution is 5.77. The molecule has 1 heterocycles. The van der Waals surface area contributed by atoms with Crippen molar-refractivity contribution >= 4 is 5.91 Å². The summed E-state index contributed by atoms with van der Waals surface area (Å²) >= 11 is 0. The van der Waals surface area contributed by atoms with E-state index in [1.807, 2.05) is 42.5 Å². The Labute approximate surface area is 195 Å². The highest BCUT2D eigenvalue weighted by atomic mass is 16.3. The number of hydrogen-bond donors (Lipinski definition) is 4. The fourth-order valence-corrected chi connectivity index (χ4v) is 4.17. The summed E-state index contributed by atoms with van der Waals surface area (Å²) in [5.74, 6) is 0.522. The van der Waals surface area contributed by atoms with Crippen LogP contribution in [-0.4, -0.2) is 50.7 Å². The van der Waals surface area contributed by atoms with Crippen LogP contribution in [0.4, 0.5) is 0 Å². The molecule has 0 aliphatic carbocycles. The Morgan fingerprint density at radius 2 is 1.88 bits per heavy atom. The maximum Gasteiger partial charge on any atom is 0.248 e. The molecule has 176 valence electrons. The van der Waals surface area contributed by atoms with E-state index in [2.05, 4.69) is 25.8 Å². The average Bonchev–Trinajstić information content (AvgIpc) is 3.18. The van der Waals surface area contributed by atoms with Gasteiger partial charge < -0.3 is 25.8 Å². The van der Waals surface area contributed by atoms with Crippen molar-refractivity contribution < 1.29 is 15.0 Å². The van der Waals surface area contributed by atoms with Gasteiger partial charge in [0, 0.05) is 24.2 Å². The Kier molecular flexibility index (Phi) is 7.89. The topological polar surface area (TPSA) is 115 Å². The number of aliphatic hydroxyl groups is 1. The minimum absolute atomic E-state index is 0.211. The van der Waals surface area contributed by atoms with Gasteiger partial charge >= 0.3 is 0 Å². The van der Waals surface area contributed by atoms with Gasteiger partial charge in [-0.05, 0) is 36.1 Å². The number of H-pyrrole nitrogens is 1. The Bertz CT molecular complexity index is 1060. The second-order valence-corrected chi connectivity index (χ2v) is 9.32. The fraction of sp³-hybridized carbons (Fsp3) is 0.385. The summed E-state index contributed by atoms with van der Waals surface area (Å²) in [6.45, 7) is 6.47. The van der Waals surface area contributed by atoms with Crippen molar-refractivity contribution in [3.05, 3.63) is 71.7 Å². The SMILES string of the molecule is CC(C)(C)[C@H](c1nc(-c2ccccc2)c(Cc2cccc(O)c2)[nH]1)N(CCCN)C(=O)CO. The van der Waals surface area contributed by atoms with Crippen molar-refractivity contribution in [2.45, 2.75) is 39.7 Å². The molecule has 5 N–H and O–H groups in total. The average molecular weight is 451 g/mol. The fourth-order valence-electron chi connectivity index (χ4n) is 4.17. The monoisotopic (exact) mass is 450 g/mol. The maximum atomic E-state index is 12.7. The second-order valence-electron chi connectivity index (χ2n) is 9.32. The number of aromatic amines is 1. The molecule has 0 fully saturated rings. The maximum absolute atomic E-state index is 12.7. The molecule has 2 aromatic carbocycles. The number of nitrogens with two attached hydrogens (primary N) is 1. The van der Waals surface area contributed by atoms with E-state index >= 15 is 0 Å². The smallest absolute Gasteiger partial charge is 0.248 e. The Balaban J connectivity index is 2.12. The number of hydrogen-bond acceptors (Lipinski definition) is 5. The van der Waals surface area contributed by atoms with Gasteiger partial charge in [0.05, 0.1) is 11.7 Å². The molecule has 0 radical (unpaired) electrons. The van der Waals surface area contributed by atoms with E-state index < -0.39 is 6.61 Å². The van der Waals surface area contributed by atoms with Crippen molar-refractivity contribution in [1.29, 1.82) is 0 Å². The van der Waals surface area contributed by atoms with Gasteiger partial charge in [-0.1, -0.05) is 63.2 Å². The molecule has 0 saturated heterocycles. The molecule has 7 heteroatoms. The Morgan fingerprint density at radius 1 is 1.15 bits per heavy atom. The first kappa shape index (κ1) is 24.5. The molecule has 1 aromatic heterocycles. The van der Waals surface area contributed by atoms with Gasteiger partial charge in [-0.15, -0.1) is 0 Å². The van der Waals surface area contributed by atoms with Crippen LogP contribution in [0.5, 0.6) is 5.75 Å². The van der Waals surface area contributed by atoms with Crippen LogP contribution in [0.15, 0.2) is 54.6 Å². The number of imidazole rings is 1. The van der Waals surface area contributed by atoms with E-state index in [1.165, 1.54) is 0 Å². The number of carbonyl (C=O) groups is 1. The molecular formula is C26H34N4O3. The van der Waals surface area contributed by atoms with Crippen molar-refractivity contribution in [1.82, 2.24) is 14.9 Å². The van der Waals surface area contributed by atoms with Crippen molar-refractivity contribution in [2.24, 2.45) is 11.1 Å². The summed E-state index contributed by atoms with van der Waals surface area (Å²) in [5.41, 5.74) is 8.98. The number of phenols is 1. The largest absolute Gasteiger partial charge is 0.508 e. The number of benzene rings is 2. The summed E-state index contributed by atoms with van der Waals surface area (Å²) in [6.07, 6.45) is 1.17. The van der Waals surface area contributed by atoms with Crippen LogP contribution in [0.3, 0.4) is 0 Å². The molecular weight excluding hydrogens is 416 g/mol. The van der Waals surface area contributed by atoms with Gasteiger partial charge in [0.15, 0.2) is 0 Å². The van der Waals surface area contributed by atoms with E-state index in [0.717, 1.165) is 22.5 Å². The molecule has 0 saturated carbocycles. The van der Waals surface area contributed by atoms with E-state index in [9.17, 15) is 15.0 Å². The Morgan fingerprint density at radius 3 is 2.48 bits per heavy atom. The molecule has 0 spiro atoms. The number of aliphatic hydroxyl groups excluding tert-OH is 1. The summed E-state index contributed by atoms with van der Waals surface area (Å²) in [7, 11) is 0. The number of phenolic OH excluding ortho intramolecular Hbond substituents is 1. The van der Waals surface area contributed by atoms with Crippen molar-refractivity contribution in [2.75, 3.05) is 19.7 Å². The van der Waals surface area contributed by atoms with Crippen LogP contribution >= 0.6 is 0 Å². The Hall–Kier alpha value is -3.16. The van der Waals surface area contributed by atoms with Gasteiger partial charge in [-0.25, -0.2) is 4.98 Å². The summed E-state index contributed by atoms with van der Waals surface area (Å²) in [4.78, 5) is 22.9. The van der Waals surface area contributed by atoms with E-state index in [0.29, 0.717) is 31.8 Å². The normalized spacial score (nSPS) is 12.5. The van der Waals surface area contributed by atoms with Crippen molar-refractivity contribution in [3.63, 3.8) is 0 Å². The van der Waals surface area contributed by atoms with Gasteiger partial charge in [0.2, 0.25) is 5.91 Å². The lowest BCUT2D eigenvalue weighted by atomic mass is 9.84. The van der Waals surface area contributed by atoms with Gasteiger partial charge in [0.1, 0.15) is 18.2 Å². The molecule has 3 aromatic rings. The quantitative estimate of drug-likeness (QED) is 0.397. The first-order valence-corrected chi connectivity index (χ1v) is 11.3. The predicted molar refractivity (Wildman–Crippen MR) is 130 cm³/mol. The molecule has 1 amide bonds. The number of aromatic nitrogens is 2. The number of nitrogens with one attached hydrogen (secondary N) is 1. The van der Waals surface area contributed by atoms with Crippen LogP contribution < -0.4 is 5.73 Å². The third-order valence-electron chi connectivity index (χ3n) is 5.59. The number of carbonyl (C=O) groups excluding carboxylic acids is 1. The predicted octanol–water partition coefficient (Wildman–Crippen LogP) is 3.63. The highest BCUT2D eigenvalue weighted by Crippen LogP contribution is 2.39. The van der Waals surface area contributed by atoms with Crippen molar-refractivity contribution in [3.8, 4) is 17.0 Å². The molecule has 3 rings (SSSR count). The number of nitrogens with zero attached hydrogens (tertiary/aromatic N) is 2. The molecule has 0 unspecified atom stereocenters. The molecule has 0 bridgehead atoms. The van der Waals surface area contributed by atoms with Gasteiger partial charge in [-0.2, -0.15) is 0 Å². The third-order valence-corrected chi connectivity index (χ3v) is 5.59. The summed E-state index contributed by atoms with van der Waals surface area (Å²) in [5, 5.41) is 19.6. The number of amides is 1. The zero-order chi connectivity index (χ0) is 24.0. The zero-order valence-electron chi connectivity index (χ0n) is 19.6. The van der Waals surface area contributed by atoms with Crippen LogP contribution in [0.2, 0.25) is 0 Å². The minimum Gasteiger partial charge on any atom is -0.508 e. The lowest BCUT2D eigenvalue weighted by Crippen LogP contribution is -2.44. The van der Waals surface area contributed by atoms with E-state index in [4.69, 9.17) is 10.7 Å². The molecule has 7 nitrogen and oxygen atoms in total. The van der Waals surface area contributed by atoms with E-state index in [1.54, 1.807) is 17.0 Å². The standard InChI is InChI=1S/C26H34N4O3/c1-26(2,3)24(30(14-8-13-27)22(33)17-31)25-28-21(16-18-9-7-12-20(32)15-18)23(29-25)19-10-5-4-6-11-19/h4-7,9-12,15,24,31-32H,8,13-14,16-17,27H2,1-3H3,(H,28,29)/t24-/m0/s1. The van der Waals surface area contributed by atoms with Gasteiger partial charge in [-0.3, -0.25) is 4.79 Å². The van der Waals surface area contributed by atoms with Crippen LogP contribution in [0.25, 0.3) is 11.3 Å². The second kappa shape index (κ2) is 10.6. The van der Waals surface area contributed by atoms with Gasteiger partial charge in [0.25, 0.3) is 0 Å². The first-order valence-electron chi connectivity index (χ1n) is 11.3. The lowest BCUT2D eigenvalue weighted by molar-refractivity contribution is -0.139. The molecule has 33 heavy (non-hydrogen) atoms. The third kappa shape index (κ3) is 6.00. The first-order chi connectivity index (χ1) is 15.7. The summed E-state index contributed by atoms with van der Waals surface area (Å²) < 4.78 is 0. The minimum atomic E-state index is -0.570. The molecule has 0 aliphatic heterocycles. The number of rotatable bonds is 9. The lowest BCUT2D eigenvalue weighted by Gasteiger charge is -2.39. The van der Waals surface area contributed by atoms with Crippen LogP contribution in [0, 0.1) is 5.41 Å². The molecule has 0 aliphatic rings. The summed E-state index contributed by atoms with van der Waals surface area (Å²) in [6, 6.07) is 16.7. The highest BCUT2D eigenvalue weighted by Gasteiger charge is 2.37. The number of aromatic hydroxyl groups is 1.